The van der Waals surface area contributed by atoms with Gasteiger partial charge in [0.05, 0.1) is 16.7 Å². The smallest absolute Gasteiger partial charge is 0.416 e. The third-order valence-electron chi connectivity index (χ3n) is 6.45. The number of aromatic hydroxyl groups is 1. The van der Waals surface area contributed by atoms with E-state index < -0.39 is 38.3 Å². The molecule has 0 saturated carbocycles. The minimum atomic E-state index is -4.63. The quantitative estimate of drug-likeness (QED) is 0.487. The van der Waals surface area contributed by atoms with E-state index in [0.717, 1.165) is 16.6 Å². The predicted octanol–water partition coefficient (Wildman–Crippen LogP) is 4.47. The molecule has 37 heavy (non-hydrogen) atoms. The molecular formula is C25H33F3N2O5S2. The topological polar surface area (TPSA) is 95.0 Å². The van der Waals surface area contributed by atoms with Crippen LogP contribution in [0.5, 0.6) is 5.75 Å². The number of benzene rings is 2. The molecule has 0 unspecified atom stereocenters. The molecule has 0 spiro atoms. The number of alkyl halides is 3. The second-order valence-corrected chi connectivity index (χ2v) is 13.8. The molecule has 206 valence electrons. The average molecular weight is 563 g/mol. The Morgan fingerprint density at radius 3 is 2.22 bits per heavy atom. The maximum atomic E-state index is 13.9. The van der Waals surface area contributed by atoms with Gasteiger partial charge in [-0.05, 0) is 66.5 Å². The van der Waals surface area contributed by atoms with E-state index in [0.29, 0.717) is 31.5 Å². The van der Waals surface area contributed by atoms with Gasteiger partial charge in [0, 0.05) is 26.2 Å². The number of rotatable bonds is 9. The van der Waals surface area contributed by atoms with E-state index in [1.807, 2.05) is 0 Å². The van der Waals surface area contributed by atoms with Gasteiger partial charge in [0.2, 0.25) is 20.0 Å². The highest BCUT2D eigenvalue weighted by Crippen LogP contribution is 2.35. The number of hydrogen-bond acceptors (Lipinski definition) is 5. The lowest BCUT2D eigenvalue weighted by atomic mass is 9.91. The van der Waals surface area contributed by atoms with Gasteiger partial charge in [0.25, 0.3) is 0 Å². The molecule has 1 saturated heterocycles. The van der Waals surface area contributed by atoms with Crippen LogP contribution in [-0.2, 0) is 39.2 Å². The van der Waals surface area contributed by atoms with Crippen LogP contribution >= 0.6 is 0 Å². The lowest BCUT2D eigenvalue weighted by Crippen LogP contribution is -2.38. The Labute approximate surface area is 217 Å². The maximum absolute atomic E-state index is 13.9. The maximum Gasteiger partial charge on any atom is 0.416 e. The van der Waals surface area contributed by atoms with Crippen molar-refractivity contribution in [1.82, 2.24) is 8.61 Å². The molecule has 0 aliphatic carbocycles. The molecule has 0 atom stereocenters. The van der Waals surface area contributed by atoms with E-state index >= 15 is 0 Å². The molecule has 0 amide bonds. The normalized spacial score (nSPS) is 16.5. The summed E-state index contributed by atoms with van der Waals surface area (Å²) in [6, 6.07) is 8.82. The lowest BCUT2D eigenvalue weighted by Gasteiger charge is -2.31. The van der Waals surface area contributed by atoms with Gasteiger partial charge >= 0.3 is 6.18 Å². The van der Waals surface area contributed by atoms with E-state index in [-0.39, 0.29) is 41.0 Å². The Kier molecular flexibility index (Phi) is 8.98. The van der Waals surface area contributed by atoms with Crippen molar-refractivity contribution in [3.05, 3.63) is 59.2 Å². The van der Waals surface area contributed by atoms with E-state index in [9.17, 15) is 35.1 Å². The highest BCUT2D eigenvalue weighted by molar-refractivity contribution is 7.89. The van der Waals surface area contributed by atoms with Gasteiger partial charge in [-0.15, -0.1) is 0 Å². The molecule has 1 aliphatic rings. The van der Waals surface area contributed by atoms with Crippen LogP contribution in [0.15, 0.2) is 47.4 Å². The average Bonchev–Trinajstić information content (AvgIpc) is 2.77. The molecule has 1 fully saturated rings. The molecule has 0 aromatic heterocycles. The second kappa shape index (κ2) is 11.3. The van der Waals surface area contributed by atoms with E-state index in [2.05, 4.69) is 0 Å². The summed E-state index contributed by atoms with van der Waals surface area (Å²) >= 11 is 0. The zero-order chi connectivity index (χ0) is 27.6. The third-order valence-corrected chi connectivity index (χ3v) is 9.67. The van der Waals surface area contributed by atoms with Crippen molar-refractivity contribution < 1.29 is 35.1 Å². The van der Waals surface area contributed by atoms with E-state index in [4.69, 9.17) is 0 Å². The molecule has 3 rings (SSSR count). The zero-order valence-corrected chi connectivity index (χ0v) is 22.7. The van der Waals surface area contributed by atoms with Crippen LogP contribution in [0.25, 0.3) is 0 Å². The number of halogens is 3. The largest absolute Gasteiger partial charge is 0.508 e. The van der Waals surface area contributed by atoms with Crippen LogP contribution in [-0.4, -0.2) is 56.4 Å². The lowest BCUT2D eigenvalue weighted by molar-refractivity contribution is -0.138. The van der Waals surface area contributed by atoms with Gasteiger partial charge in [-0.1, -0.05) is 32.0 Å². The zero-order valence-electron chi connectivity index (χ0n) is 21.1. The van der Waals surface area contributed by atoms with Gasteiger partial charge in [0.15, 0.2) is 0 Å². The molecule has 7 nitrogen and oxygen atoms in total. The first-order valence-corrected chi connectivity index (χ1v) is 15.3. The summed E-state index contributed by atoms with van der Waals surface area (Å²) in [5.41, 5.74) is -0.675. The van der Waals surface area contributed by atoms with Crippen molar-refractivity contribution in [2.45, 2.75) is 50.7 Å². The van der Waals surface area contributed by atoms with Crippen molar-refractivity contribution in [3.8, 4) is 5.75 Å². The predicted molar refractivity (Wildman–Crippen MR) is 135 cm³/mol. The van der Waals surface area contributed by atoms with Crippen LogP contribution < -0.4 is 0 Å². The highest BCUT2D eigenvalue weighted by atomic mass is 32.2. The van der Waals surface area contributed by atoms with Crippen LogP contribution in [0.2, 0.25) is 0 Å². The van der Waals surface area contributed by atoms with Crippen LogP contribution in [0.4, 0.5) is 13.2 Å². The van der Waals surface area contributed by atoms with Crippen molar-refractivity contribution in [2.24, 2.45) is 11.8 Å². The Morgan fingerprint density at radius 1 is 1.03 bits per heavy atom. The molecule has 2 aromatic carbocycles. The summed E-state index contributed by atoms with van der Waals surface area (Å²) in [6.07, 6.45) is -2.15. The Hall–Kier alpha value is -2.15. The summed E-state index contributed by atoms with van der Waals surface area (Å²) in [6.45, 7) is 3.75. The number of phenols is 1. The van der Waals surface area contributed by atoms with Crippen molar-refractivity contribution in [3.63, 3.8) is 0 Å². The summed E-state index contributed by atoms with van der Waals surface area (Å²) in [7, 11) is -7.56. The minimum absolute atomic E-state index is 0.00158. The third kappa shape index (κ3) is 7.46. The Bertz CT molecular complexity index is 1300. The first-order valence-electron chi connectivity index (χ1n) is 12.0. The number of sulfonamides is 2. The fraction of sp³-hybridized carbons (Fsp3) is 0.520. The molecule has 1 heterocycles. The standard InChI is InChI=1S/C25H33F3N2O5S2/c1-18(2)16-30(17-20-6-4-5-7-23(20)25(26,27)28)37(34,35)24-9-8-22(31)15-21(24)14-19-10-12-29(13-11-19)36(3,32)33/h4-9,15,18-19,31H,10-14,16-17H2,1-3H3. The molecule has 1 N–H and O–H groups in total. The molecule has 12 heteroatoms. The van der Waals surface area contributed by atoms with Crippen LogP contribution in [0.1, 0.15) is 43.4 Å². The molecular weight excluding hydrogens is 529 g/mol. The van der Waals surface area contributed by atoms with Gasteiger partial charge in [-0.25, -0.2) is 21.1 Å². The van der Waals surface area contributed by atoms with E-state index in [1.54, 1.807) is 13.8 Å². The van der Waals surface area contributed by atoms with Crippen molar-refractivity contribution >= 4 is 20.0 Å². The monoisotopic (exact) mass is 562 g/mol. The highest BCUT2D eigenvalue weighted by Gasteiger charge is 2.36. The Morgan fingerprint density at radius 2 is 1.65 bits per heavy atom. The van der Waals surface area contributed by atoms with Gasteiger partial charge in [0.1, 0.15) is 5.75 Å². The minimum Gasteiger partial charge on any atom is -0.508 e. The molecule has 2 aromatic rings. The SMILES string of the molecule is CC(C)CN(Cc1ccccc1C(F)(F)F)S(=O)(=O)c1ccc(O)cc1CC1CCN(S(C)(=O)=O)CC1. The van der Waals surface area contributed by atoms with Crippen molar-refractivity contribution in [2.75, 3.05) is 25.9 Å². The first kappa shape index (κ1) is 29.4. The Balaban J connectivity index is 1.95. The number of phenolic OH excluding ortho intramolecular Hbond substituents is 1. The fourth-order valence-corrected chi connectivity index (χ4v) is 7.32. The fourth-order valence-electron chi connectivity index (χ4n) is 4.65. The number of hydrogen-bond donors (Lipinski definition) is 1. The summed E-state index contributed by atoms with van der Waals surface area (Å²) < 4.78 is 94.7. The van der Waals surface area contributed by atoms with Gasteiger partial charge < -0.3 is 5.11 Å². The summed E-state index contributed by atoms with van der Waals surface area (Å²) in [4.78, 5) is -0.0685. The van der Waals surface area contributed by atoms with Gasteiger partial charge in [-0.2, -0.15) is 17.5 Å². The van der Waals surface area contributed by atoms with Crippen molar-refractivity contribution in [1.29, 1.82) is 0 Å². The first-order chi connectivity index (χ1) is 17.1. The van der Waals surface area contributed by atoms with Crippen LogP contribution in [0.3, 0.4) is 0 Å². The summed E-state index contributed by atoms with van der Waals surface area (Å²) in [5.74, 6) is -0.299. The molecule has 0 radical (unpaired) electrons. The molecule has 1 aliphatic heterocycles. The number of nitrogens with zero attached hydrogens (tertiary/aromatic N) is 2. The van der Waals surface area contributed by atoms with Crippen LogP contribution in [0, 0.1) is 11.8 Å². The van der Waals surface area contributed by atoms with E-state index in [1.165, 1.54) is 40.7 Å². The second-order valence-electron chi connectivity index (χ2n) is 9.95. The number of piperidine rings is 1. The summed E-state index contributed by atoms with van der Waals surface area (Å²) in [5, 5.41) is 10.1. The van der Waals surface area contributed by atoms with Gasteiger partial charge in [-0.3, -0.25) is 0 Å². The molecule has 0 bridgehead atoms.